The second-order valence-corrected chi connectivity index (χ2v) is 12.0. The minimum Gasteiger partial charge on any atom is -0.497 e. The van der Waals surface area contributed by atoms with Gasteiger partial charge in [-0.05, 0) is 59.4 Å². The summed E-state index contributed by atoms with van der Waals surface area (Å²) in [7, 11) is 6.33. The van der Waals surface area contributed by atoms with E-state index < -0.39 is 4.92 Å². The SMILES string of the molecule is COc1ccc(CN(C)C(=O)c2ccc(-n3nc(Cc4ccc(OC)c(OC)c4)c4c3CC(C)(C)CC4=O)c([N+](=O)[O-])c2)cc1. The van der Waals surface area contributed by atoms with Crippen molar-refractivity contribution in [2.24, 2.45) is 5.41 Å². The van der Waals surface area contributed by atoms with E-state index in [9.17, 15) is 19.7 Å². The number of fused-ring (bicyclic) bond motifs is 1. The Morgan fingerprint density at radius 2 is 1.64 bits per heavy atom. The third-order valence-corrected chi connectivity index (χ3v) is 8.01. The monoisotopic (exact) mass is 612 g/mol. The number of benzene rings is 3. The van der Waals surface area contributed by atoms with E-state index in [-0.39, 0.29) is 34.0 Å². The molecule has 1 amide bonds. The Bertz CT molecular complexity index is 1780. The van der Waals surface area contributed by atoms with E-state index in [1.54, 1.807) is 40.5 Å². The molecular weight excluding hydrogens is 576 g/mol. The Morgan fingerprint density at radius 1 is 0.956 bits per heavy atom. The van der Waals surface area contributed by atoms with Gasteiger partial charge < -0.3 is 19.1 Å². The number of nitro groups is 1. The number of nitrogens with zero attached hydrogens (tertiary/aromatic N) is 4. The number of aromatic nitrogens is 2. The van der Waals surface area contributed by atoms with E-state index in [0.29, 0.717) is 60.0 Å². The first-order valence-electron chi connectivity index (χ1n) is 14.5. The molecule has 11 nitrogen and oxygen atoms in total. The molecule has 0 bridgehead atoms. The predicted molar refractivity (Wildman–Crippen MR) is 168 cm³/mol. The number of amides is 1. The number of nitro benzene ring substituents is 1. The highest BCUT2D eigenvalue weighted by Gasteiger charge is 2.38. The zero-order chi connectivity index (χ0) is 32.5. The van der Waals surface area contributed by atoms with Gasteiger partial charge in [-0.15, -0.1) is 0 Å². The maximum absolute atomic E-state index is 13.5. The first-order chi connectivity index (χ1) is 21.4. The average molecular weight is 613 g/mol. The molecule has 1 aliphatic rings. The molecule has 1 heterocycles. The Kier molecular flexibility index (Phi) is 8.63. The van der Waals surface area contributed by atoms with Gasteiger partial charge >= 0.3 is 0 Å². The first-order valence-corrected chi connectivity index (χ1v) is 14.5. The molecule has 11 heteroatoms. The first kappa shape index (κ1) is 31.2. The zero-order valence-electron chi connectivity index (χ0n) is 26.2. The topological polar surface area (TPSA) is 126 Å². The Morgan fingerprint density at radius 3 is 2.29 bits per heavy atom. The van der Waals surface area contributed by atoms with E-state index >= 15 is 0 Å². The van der Waals surface area contributed by atoms with Gasteiger partial charge in [0.15, 0.2) is 17.3 Å². The van der Waals surface area contributed by atoms with Crippen LogP contribution in [0.2, 0.25) is 0 Å². The van der Waals surface area contributed by atoms with E-state index in [4.69, 9.17) is 19.3 Å². The quantitative estimate of drug-likeness (QED) is 0.162. The summed E-state index contributed by atoms with van der Waals surface area (Å²) in [6.45, 7) is 4.30. The smallest absolute Gasteiger partial charge is 0.295 e. The van der Waals surface area contributed by atoms with Crippen molar-refractivity contribution in [3.63, 3.8) is 0 Å². The van der Waals surface area contributed by atoms with Gasteiger partial charge in [0, 0.05) is 38.1 Å². The second kappa shape index (κ2) is 12.4. The van der Waals surface area contributed by atoms with Crippen molar-refractivity contribution in [3.8, 4) is 22.9 Å². The van der Waals surface area contributed by atoms with Gasteiger partial charge in [-0.25, -0.2) is 4.68 Å². The molecule has 0 unspecified atom stereocenters. The number of hydrogen-bond acceptors (Lipinski definition) is 8. The average Bonchev–Trinajstić information content (AvgIpc) is 3.37. The van der Waals surface area contributed by atoms with Gasteiger partial charge in [0.2, 0.25) is 0 Å². The standard InChI is InChI=1S/C34H36N4O7/c1-34(2)18-28-32(29(39)19-34)25(15-22-9-14-30(44-5)31(16-22)45-6)35-37(28)26-13-10-23(17-27(26)38(41)42)33(40)36(3)20-21-7-11-24(43-4)12-8-21/h7-14,16-17H,15,18-20H2,1-6H3. The summed E-state index contributed by atoms with van der Waals surface area (Å²) in [5, 5.41) is 17.2. The van der Waals surface area contributed by atoms with Crippen LogP contribution in [-0.4, -0.2) is 59.7 Å². The third-order valence-electron chi connectivity index (χ3n) is 8.01. The molecule has 0 radical (unpaired) electrons. The van der Waals surface area contributed by atoms with Crippen LogP contribution in [0, 0.1) is 15.5 Å². The fourth-order valence-electron chi connectivity index (χ4n) is 5.81. The van der Waals surface area contributed by atoms with Crippen molar-refractivity contribution in [1.29, 1.82) is 0 Å². The lowest BCUT2D eigenvalue weighted by Crippen LogP contribution is -2.28. The maximum atomic E-state index is 13.5. The molecule has 0 aliphatic heterocycles. The largest absolute Gasteiger partial charge is 0.497 e. The van der Waals surface area contributed by atoms with Gasteiger partial charge in [-0.2, -0.15) is 5.10 Å². The molecule has 5 rings (SSSR count). The molecule has 3 aromatic carbocycles. The van der Waals surface area contributed by atoms with Crippen molar-refractivity contribution in [1.82, 2.24) is 14.7 Å². The van der Waals surface area contributed by atoms with Crippen LogP contribution in [0.1, 0.15) is 63.5 Å². The lowest BCUT2D eigenvalue weighted by atomic mass is 9.75. The highest BCUT2D eigenvalue weighted by Crippen LogP contribution is 2.39. The number of ketones is 1. The van der Waals surface area contributed by atoms with Crippen molar-refractivity contribution in [3.05, 3.63) is 104 Å². The molecule has 4 aromatic rings. The van der Waals surface area contributed by atoms with Crippen LogP contribution in [0.15, 0.2) is 60.7 Å². The van der Waals surface area contributed by atoms with Crippen molar-refractivity contribution in [2.75, 3.05) is 28.4 Å². The third kappa shape index (κ3) is 6.38. The van der Waals surface area contributed by atoms with Gasteiger partial charge in [0.1, 0.15) is 11.4 Å². The molecule has 234 valence electrons. The van der Waals surface area contributed by atoms with Crippen LogP contribution >= 0.6 is 0 Å². The summed E-state index contributed by atoms with van der Waals surface area (Å²) in [6.07, 6.45) is 1.14. The summed E-state index contributed by atoms with van der Waals surface area (Å²) in [5.74, 6) is 1.40. The van der Waals surface area contributed by atoms with Crippen LogP contribution in [0.5, 0.6) is 17.2 Å². The minimum atomic E-state index is -0.520. The summed E-state index contributed by atoms with van der Waals surface area (Å²) >= 11 is 0. The normalized spacial score (nSPS) is 13.6. The van der Waals surface area contributed by atoms with Crippen molar-refractivity contribution in [2.45, 2.75) is 39.7 Å². The number of Topliss-reactive ketones (excluding diaryl/α,β-unsaturated/α-hetero) is 1. The molecule has 0 fully saturated rings. The highest BCUT2D eigenvalue weighted by atomic mass is 16.6. The van der Waals surface area contributed by atoms with Crippen molar-refractivity contribution >= 4 is 17.4 Å². The molecule has 0 saturated heterocycles. The molecule has 0 spiro atoms. The van der Waals surface area contributed by atoms with Crippen LogP contribution in [0.3, 0.4) is 0 Å². The number of hydrogen-bond donors (Lipinski definition) is 0. The number of methoxy groups -OCH3 is 3. The van der Waals surface area contributed by atoms with Crippen LogP contribution in [0.4, 0.5) is 5.69 Å². The van der Waals surface area contributed by atoms with E-state index in [2.05, 4.69) is 0 Å². The molecule has 1 aromatic heterocycles. The second-order valence-electron chi connectivity index (χ2n) is 12.0. The van der Waals surface area contributed by atoms with Gasteiger partial charge in [0.25, 0.3) is 11.6 Å². The summed E-state index contributed by atoms with van der Waals surface area (Å²) in [5.41, 5.74) is 3.06. The van der Waals surface area contributed by atoms with Gasteiger partial charge in [-0.1, -0.05) is 32.0 Å². The van der Waals surface area contributed by atoms with Crippen LogP contribution in [0.25, 0.3) is 5.69 Å². The minimum absolute atomic E-state index is 0.0578. The van der Waals surface area contributed by atoms with E-state index in [1.165, 1.54) is 21.7 Å². The fraction of sp³-hybridized carbons (Fsp3) is 0.324. The fourth-order valence-corrected chi connectivity index (χ4v) is 5.81. The van der Waals surface area contributed by atoms with Crippen molar-refractivity contribution < 1.29 is 28.7 Å². The Balaban J connectivity index is 1.53. The van der Waals surface area contributed by atoms with Gasteiger partial charge in [0.05, 0.1) is 43.2 Å². The molecule has 0 atom stereocenters. The van der Waals surface area contributed by atoms with E-state index in [0.717, 1.165) is 11.1 Å². The summed E-state index contributed by atoms with van der Waals surface area (Å²) < 4.78 is 17.5. The zero-order valence-corrected chi connectivity index (χ0v) is 26.2. The molecule has 0 N–H and O–H groups in total. The molecule has 0 saturated carbocycles. The van der Waals surface area contributed by atoms with E-state index in [1.807, 2.05) is 50.2 Å². The number of ether oxygens (including phenoxy) is 3. The molecule has 1 aliphatic carbocycles. The number of rotatable bonds is 10. The summed E-state index contributed by atoms with van der Waals surface area (Å²) in [6, 6.07) is 17.2. The highest BCUT2D eigenvalue weighted by molar-refractivity contribution is 6.00. The molecular formula is C34H36N4O7. The lowest BCUT2D eigenvalue weighted by Gasteiger charge is -2.29. The molecule has 45 heavy (non-hydrogen) atoms. The Hall–Kier alpha value is -5.19. The van der Waals surface area contributed by atoms with Crippen LogP contribution < -0.4 is 14.2 Å². The van der Waals surface area contributed by atoms with Gasteiger partial charge in [-0.3, -0.25) is 19.7 Å². The number of carbonyl (C=O) groups excluding carboxylic acids is 2. The summed E-state index contributed by atoms with van der Waals surface area (Å²) in [4.78, 5) is 40.3. The predicted octanol–water partition coefficient (Wildman–Crippen LogP) is 5.82. The van der Waals surface area contributed by atoms with Crippen LogP contribution in [-0.2, 0) is 19.4 Å². The number of carbonyl (C=O) groups is 2. The lowest BCUT2D eigenvalue weighted by molar-refractivity contribution is -0.384. The Labute approximate surface area is 261 Å². The maximum Gasteiger partial charge on any atom is 0.295 e.